The molecule has 0 aromatic heterocycles. The van der Waals surface area contributed by atoms with Crippen LogP contribution in [0.15, 0.2) is 24.3 Å². The highest BCUT2D eigenvalue weighted by atomic mass is 16.2. The Morgan fingerprint density at radius 2 is 1.96 bits per heavy atom. The third-order valence-electron chi connectivity index (χ3n) is 5.45. The molecule has 2 heterocycles. The molecule has 0 saturated carbocycles. The van der Waals surface area contributed by atoms with Gasteiger partial charge in [0.2, 0.25) is 11.8 Å². The number of benzene rings is 1. The summed E-state index contributed by atoms with van der Waals surface area (Å²) < 4.78 is 0. The summed E-state index contributed by atoms with van der Waals surface area (Å²) in [5.74, 6) is 0.729. The van der Waals surface area contributed by atoms with Crippen LogP contribution in [0.4, 0.5) is 0 Å². The van der Waals surface area contributed by atoms with Gasteiger partial charge in [-0.3, -0.25) is 9.59 Å². The molecule has 2 unspecified atom stereocenters. The number of carbonyl (C=O) groups excluding carboxylic acids is 2. The molecule has 2 amide bonds. The van der Waals surface area contributed by atoms with Crippen LogP contribution in [0.25, 0.3) is 0 Å². The summed E-state index contributed by atoms with van der Waals surface area (Å²) in [7, 11) is 0. The van der Waals surface area contributed by atoms with Crippen LogP contribution in [0, 0.1) is 6.92 Å². The number of amides is 2. The summed E-state index contributed by atoms with van der Waals surface area (Å²) in [6.45, 7) is 6.49. The van der Waals surface area contributed by atoms with E-state index in [1.807, 2.05) is 16.7 Å². The van der Waals surface area contributed by atoms with Gasteiger partial charge in [0.05, 0.1) is 0 Å². The fourth-order valence-electron chi connectivity index (χ4n) is 4.15. The van der Waals surface area contributed by atoms with Gasteiger partial charge in [-0.15, -0.1) is 0 Å². The molecule has 0 aliphatic carbocycles. The van der Waals surface area contributed by atoms with E-state index in [9.17, 15) is 9.59 Å². The lowest BCUT2D eigenvalue weighted by Crippen LogP contribution is -2.47. The Labute approximate surface area is 144 Å². The number of hydrogen-bond acceptors (Lipinski definition) is 2. The Morgan fingerprint density at radius 3 is 2.71 bits per heavy atom. The Hall–Kier alpha value is -1.84. The predicted octanol–water partition coefficient (Wildman–Crippen LogP) is 3.10. The number of likely N-dealkylation sites (tertiary alicyclic amines) is 2. The molecular weight excluding hydrogens is 300 g/mol. The maximum absolute atomic E-state index is 13.0. The highest BCUT2D eigenvalue weighted by Crippen LogP contribution is 2.31. The fraction of sp³-hybridized carbons (Fsp3) is 0.600. The fourth-order valence-corrected chi connectivity index (χ4v) is 4.15. The molecule has 0 bridgehead atoms. The number of nitrogens with zero attached hydrogens (tertiary/aromatic N) is 2. The molecule has 3 rings (SSSR count). The first-order valence-electron chi connectivity index (χ1n) is 9.25. The van der Waals surface area contributed by atoms with Gasteiger partial charge in [-0.25, -0.2) is 0 Å². The Morgan fingerprint density at radius 1 is 1.17 bits per heavy atom. The lowest BCUT2D eigenvalue weighted by molar-refractivity contribution is -0.143. The summed E-state index contributed by atoms with van der Waals surface area (Å²) in [5, 5.41) is 0. The SMILES string of the molecule is CCCC(=O)N1CCCC1C(=O)N1CCC(c2ccccc2C)C1. The third kappa shape index (κ3) is 3.33. The second kappa shape index (κ2) is 7.37. The molecule has 0 radical (unpaired) electrons. The highest BCUT2D eigenvalue weighted by Gasteiger charge is 2.38. The minimum absolute atomic E-state index is 0.142. The van der Waals surface area contributed by atoms with Crippen molar-refractivity contribution in [2.24, 2.45) is 0 Å². The summed E-state index contributed by atoms with van der Waals surface area (Å²) in [4.78, 5) is 29.0. The van der Waals surface area contributed by atoms with Gasteiger partial charge in [-0.05, 0) is 43.7 Å². The zero-order valence-electron chi connectivity index (χ0n) is 14.8. The van der Waals surface area contributed by atoms with Crippen molar-refractivity contribution in [3.63, 3.8) is 0 Å². The molecule has 0 N–H and O–H groups in total. The smallest absolute Gasteiger partial charge is 0.245 e. The topological polar surface area (TPSA) is 40.6 Å². The maximum atomic E-state index is 13.0. The van der Waals surface area contributed by atoms with Crippen LogP contribution in [0.1, 0.15) is 56.1 Å². The maximum Gasteiger partial charge on any atom is 0.245 e. The van der Waals surface area contributed by atoms with E-state index in [4.69, 9.17) is 0 Å². The minimum atomic E-state index is -0.223. The van der Waals surface area contributed by atoms with E-state index in [1.54, 1.807) is 0 Å². The van der Waals surface area contributed by atoms with Gasteiger partial charge in [0, 0.05) is 32.0 Å². The van der Waals surface area contributed by atoms with Gasteiger partial charge in [-0.2, -0.15) is 0 Å². The molecule has 2 atom stereocenters. The molecule has 24 heavy (non-hydrogen) atoms. The van der Waals surface area contributed by atoms with Gasteiger partial charge in [0.1, 0.15) is 6.04 Å². The van der Waals surface area contributed by atoms with Crippen molar-refractivity contribution in [2.45, 2.75) is 57.9 Å². The van der Waals surface area contributed by atoms with Crippen LogP contribution >= 0.6 is 0 Å². The van der Waals surface area contributed by atoms with Gasteiger partial charge in [0.25, 0.3) is 0 Å². The summed E-state index contributed by atoms with van der Waals surface area (Å²) in [6, 6.07) is 8.24. The average Bonchev–Trinajstić information content (AvgIpc) is 3.24. The lowest BCUT2D eigenvalue weighted by Gasteiger charge is -2.28. The first-order chi connectivity index (χ1) is 11.6. The zero-order chi connectivity index (χ0) is 17.1. The predicted molar refractivity (Wildman–Crippen MR) is 94.8 cm³/mol. The van der Waals surface area contributed by atoms with E-state index < -0.39 is 0 Å². The van der Waals surface area contributed by atoms with E-state index in [0.717, 1.165) is 45.3 Å². The highest BCUT2D eigenvalue weighted by molar-refractivity contribution is 5.88. The molecule has 2 aliphatic rings. The minimum Gasteiger partial charge on any atom is -0.340 e. The third-order valence-corrected chi connectivity index (χ3v) is 5.45. The van der Waals surface area contributed by atoms with Crippen LogP contribution in [-0.4, -0.2) is 47.3 Å². The van der Waals surface area contributed by atoms with E-state index in [-0.39, 0.29) is 17.9 Å². The number of hydrogen-bond donors (Lipinski definition) is 0. The van der Waals surface area contributed by atoms with Gasteiger partial charge >= 0.3 is 0 Å². The Kier molecular flexibility index (Phi) is 5.22. The van der Waals surface area contributed by atoms with Crippen molar-refractivity contribution < 1.29 is 9.59 Å². The molecule has 1 aromatic carbocycles. The molecule has 1 aromatic rings. The first-order valence-corrected chi connectivity index (χ1v) is 9.25. The lowest BCUT2D eigenvalue weighted by atomic mass is 9.94. The van der Waals surface area contributed by atoms with E-state index in [1.165, 1.54) is 11.1 Å². The molecule has 2 saturated heterocycles. The quantitative estimate of drug-likeness (QED) is 0.852. The van der Waals surface area contributed by atoms with Crippen LogP contribution < -0.4 is 0 Å². The molecule has 4 nitrogen and oxygen atoms in total. The summed E-state index contributed by atoms with van der Waals surface area (Å²) >= 11 is 0. The number of carbonyl (C=O) groups is 2. The van der Waals surface area contributed by atoms with Crippen molar-refractivity contribution in [3.05, 3.63) is 35.4 Å². The van der Waals surface area contributed by atoms with E-state index in [2.05, 4.69) is 31.2 Å². The average molecular weight is 328 g/mol. The number of rotatable bonds is 4. The van der Waals surface area contributed by atoms with Crippen molar-refractivity contribution in [1.82, 2.24) is 9.80 Å². The first kappa shape index (κ1) is 17.0. The van der Waals surface area contributed by atoms with Crippen LogP contribution in [-0.2, 0) is 9.59 Å². The van der Waals surface area contributed by atoms with Crippen molar-refractivity contribution in [1.29, 1.82) is 0 Å². The standard InChI is InChI=1S/C20H28N2O2/c1-3-7-19(23)22-12-6-10-18(22)20(24)21-13-11-16(14-21)17-9-5-4-8-15(17)2/h4-5,8-9,16,18H,3,6-7,10-14H2,1-2H3. The summed E-state index contributed by atoms with van der Waals surface area (Å²) in [6.07, 6.45) is 4.18. The molecule has 2 fully saturated rings. The van der Waals surface area contributed by atoms with Gasteiger partial charge in [0.15, 0.2) is 0 Å². The van der Waals surface area contributed by atoms with E-state index >= 15 is 0 Å². The van der Waals surface area contributed by atoms with Gasteiger partial charge < -0.3 is 9.80 Å². The molecular formula is C20H28N2O2. The second-order valence-corrected chi connectivity index (χ2v) is 7.12. The molecule has 4 heteroatoms. The number of aryl methyl sites for hydroxylation is 1. The van der Waals surface area contributed by atoms with E-state index in [0.29, 0.717) is 12.3 Å². The van der Waals surface area contributed by atoms with Crippen LogP contribution in [0.5, 0.6) is 0 Å². The van der Waals surface area contributed by atoms with Crippen molar-refractivity contribution in [2.75, 3.05) is 19.6 Å². The van der Waals surface area contributed by atoms with Crippen LogP contribution in [0.2, 0.25) is 0 Å². The monoisotopic (exact) mass is 328 g/mol. The normalized spacial score (nSPS) is 23.8. The zero-order valence-corrected chi connectivity index (χ0v) is 14.8. The molecule has 2 aliphatic heterocycles. The Bertz CT molecular complexity index is 613. The summed E-state index contributed by atoms with van der Waals surface area (Å²) in [5.41, 5.74) is 2.66. The second-order valence-electron chi connectivity index (χ2n) is 7.12. The Balaban J connectivity index is 1.66. The van der Waals surface area contributed by atoms with Gasteiger partial charge in [-0.1, -0.05) is 31.2 Å². The van der Waals surface area contributed by atoms with Crippen molar-refractivity contribution >= 4 is 11.8 Å². The molecule has 0 spiro atoms. The van der Waals surface area contributed by atoms with Crippen LogP contribution in [0.3, 0.4) is 0 Å². The molecule has 130 valence electrons. The van der Waals surface area contributed by atoms with Crippen molar-refractivity contribution in [3.8, 4) is 0 Å². The largest absolute Gasteiger partial charge is 0.340 e.